The number of carbonyl (C=O) groups excluding carboxylic acids is 3. The van der Waals surface area contributed by atoms with Crippen LogP contribution in [0.5, 0.6) is 0 Å². The van der Waals surface area contributed by atoms with Crippen LogP contribution in [-0.4, -0.2) is 36.5 Å². The lowest BCUT2D eigenvalue weighted by Gasteiger charge is -2.17. The summed E-state index contributed by atoms with van der Waals surface area (Å²) in [6.07, 6.45) is 0. The van der Waals surface area contributed by atoms with Crippen molar-refractivity contribution < 1.29 is 19.1 Å². The molecule has 142 valence electrons. The first-order valence-corrected chi connectivity index (χ1v) is 8.50. The Labute approximate surface area is 162 Å². The van der Waals surface area contributed by atoms with E-state index in [1.807, 2.05) is 6.07 Å². The fourth-order valence-electron chi connectivity index (χ4n) is 2.27. The summed E-state index contributed by atoms with van der Waals surface area (Å²) in [5, 5.41) is 3.04. The van der Waals surface area contributed by atoms with Gasteiger partial charge in [0.15, 0.2) is 6.61 Å². The number of likely N-dealkylation sites (N-methyl/N-ethyl adjacent to an activating group) is 1. The second-order valence-electron chi connectivity index (χ2n) is 5.87. The lowest BCUT2D eigenvalue weighted by atomic mass is 10.1. The summed E-state index contributed by atoms with van der Waals surface area (Å²) in [5.74, 6) is -0.931. The highest BCUT2D eigenvalue weighted by molar-refractivity contribution is 6.30. The average Bonchev–Trinajstić information content (AvgIpc) is 2.64. The molecule has 0 atom stereocenters. The molecule has 2 rings (SSSR count). The summed E-state index contributed by atoms with van der Waals surface area (Å²) in [6, 6.07) is 13.0. The number of nitrogens with one attached hydrogen (secondary N) is 1. The Morgan fingerprint density at radius 3 is 2.44 bits per heavy atom. The first-order chi connectivity index (χ1) is 12.8. The second kappa shape index (κ2) is 9.59. The van der Waals surface area contributed by atoms with Gasteiger partial charge in [-0.05, 0) is 35.4 Å². The molecule has 2 aromatic rings. The van der Waals surface area contributed by atoms with Gasteiger partial charge in [-0.2, -0.15) is 0 Å². The molecule has 0 aliphatic carbocycles. The lowest BCUT2D eigenvalue weighted by Crippen LogP contribution is -2.30. The van der Waals surface area contributed by atoms with Crippen molar-refractivity contribution in [2.45, 2.75) is 13.1 Å². The van der Waals surface area contributed by atoms with Crippen LogP contribution < -0.4 is 11.1 Å². The largest absolute Gasteiger partial charge is 0.452 e. The maximum atomic E-state index is 12.1. The summed E-state index contributed by atoms with van der Waals surface area (Å²) in [4.78, 5) is 36.3. The van der Waals surface area contributed by atoms with Crippen LogP contribution in [0.2, 0.25) is 5.02 Å². The predicted octanol–water partition coefficient (Wildman–Crippen LogP) is 2.32. The van der Waals surface area contributed by atoms with Gasteiger partial charge in [0.05, 0.1) is 5.56 Å². The Balaban J connectivity index is 1.83. The third kappa shape index (κ3) is 6.63. The number of ether oxygens (including phenoxy) is 1. The number of hydrogen-bond acceptors (Lipinski definition) is 4. The molecule has 0 aliphatic heterocycles. The van der Waals surface area contributed by atoms with E-state index in [4.69, 9.17) is 22.1 Å². The molecule has 0 spiro atoms. The lowest BCUT2D eigenvalue weighted by molar-refractivity contribution is -0.133. The van der Waals surface area contributed by atoms with Crippen molar-refractivity contribution in [1.82, 2.24) is 10.2 Å². The molecule has 0 fully saturated rings. The van der Waals surface area contributed by atoms with Crippen LogP contribution in [-0.2, 0) is 22.6 Å². The maximum Gasteiger partial charge on any atom is 0.338 e. The zero-order valence-corrected chi connectivity index (χ0v) is 15.5. The number of carbonyl (C=O) groups is 3. The van der Waals surface area contributed by atoms with Gasteiger partial charge in [0.1, 0.15) is 0 Å². The molecular weight excluding hydrogens is 370 g/mol. The van der Waals surface area contributed by atoms with Crippen molar-refractivity contribution in [2.24, 2.45) is 5.73 Å². The monoisotopic (exact) mass is 389 g/mol. The van der Waals surface area contributed by atoms with Gasteiger partial charge in [0.2, 0.25) is 0 Å². The molecule has 0 saturated carbocycles. The number of amides is 3. The zero-order valence-electron chi connectivity index (χ0n) is 14.8. The molecular formula is C19H20ClN3O4. The molecule has 0 unspecified atom stereocenters. The average molecular weight is 390 g/mol. The van der Waals surface area contributed by atoms with E-state index in [0.717, 1.165) is 11.1 Å². The Bertz CT molecular complexity index is 824. The van der Waals surface area contributed by atoms with E-state index < -0.39 is 12.0 Å². The smallest absolute Gasteiger partial charge is 0.338 e. The van der Waals surface area contributed by atoms with E-state index in [1.54, 1.807) is 49.5 Å². The molecule has 0 bridgehead atoms. The molecule has 3 N–H and O–H groups in total. The van der Waals surface area contributed by atoms with Crippen LogP contribution in [0.15, 0.2) is 48.5 Å². The molecule has 0 radical (unpaired) electrons. The molecule has 8 heteroatoms. The summed E-state index contributed by atoms with van der Waals surface area (Å²) in [7, 11) is 1.62. The molecule has 0 aliphatic rings. The number of rotatable bonds is 7. The number of hydrogen-bond donors (Lipinski definition) is 2. The fraction of sp³-hybridized carbons (Fsp3) is 0.211. The maximum absolute atomic E-state index is 12.1. The molecule has 0 heterocycles. The summed E-state index contributed by atoms with van der Waals surface area (Å²) in [6.45, 7) is 0.261. The van der Waals surface area contributed by atoms with E-state index in [1.165, 1.54) is 4.90 Å². The van der Waals surface area contributed by atoms with Crippen molar-refractivity contribution >= 4 is 29.5 Å². The minimum absolute atomic E-state index is 0.261. The van der Waals surface area contributed by atoms with Crippen LogP contribution in [0.25, 0.3) is 0 Å². The number of esters is 1. The van der Waals surface area contributed by atoms with E-state index in [-0.39, 0.29) is 19.1 Å². The molecule has 3 amide bonds. The molecule has 7 nitrogen and oxygen atoms in total. The van der Waals surface area contributed by atoms with Gasteiger partial charge in [-0.3, -0.25) is 4.79 Å². The highest BCUT2D eigenvalue weighted by Crippen LogP contribution is 2.12. The van der Waals surface area contributed by atoms with Crippen molar-refractivity contribution in [3.8, 4) is 0 Å². The summed E-state index contributed by atoms with van der Waals surface area (Å²) >= 11 is 5.93. The van der Waals surface area contributed by atoms with Crippen LogP contribution in [0.4, 0.5) is 4.79 Å². The minimum Gasteiger partial charge on any atom is -0.452 e. The van der Waals surface area contributed by atoms with Gasteiger partial charge < -0.3 is 20.7 Å². The van der Waals surface area contributed by atoms with Crippen molar-refractivity contribution in [3.63, 3.8) is 0 Å². The first kappa shape index (κ1) is 20.3. The molecule has 0 aromatic heterocycles. The predicted molar refractivity (Wildman–Crippen MR) is 101 cm³/mol. The Kier molecular flexibility index (Phi) is 7.19. The van der Waals surface area contributed by atoms with Gasteiger partial charge >= 0.3 is 12.0 Å². The first-order valence-electron chi connectivity index (χ1n) is 8.13. The van der Waals surface area contributed by atoms with Crippen molar-refractivity contribution in [3.05, 3.63) is 70.2 Å². The number of nitrogens with zero attached hydrogens (tertiary/aromatic N) is 1. The topological polar surface area (TPSA) is 102 Å². The number of benzene rings is 2. The minimum atomic E-state index is -0.626. The fourth-order valence-corrected chi connectivity index (χ4v) is 2.48. The Morgan fingerprint density at radius 2 is 1.81 bits per heavy atom. The van der Waals surface area contributed by atoms with E-state index in [0.29, 0.717) is 17.1 Å². The normalized spacial score (nSPS) is 10.1. The van der Waals surface area contributed by atoms with Gasteiger partial charge in [-0.15, -0.1) is 0 Å². The third-order valence-electron chi connectivity index (χ3n) is 3.72. The molecule has 2 aromatic carbocycles. The van der Waals surface area contributed by atoms with Crippen LogP contribution in [0, 0.1) is 0 Å². The van der Waals surface area contributed by atoms with Crippen molar-refractivity contribution in [2.75, 3.05) is 13.7 Å². The van der Waals surface area contributed by atoms with E-state index in [2.05, 4.69) is 5.32 Å². The highest BCUT2D eigenvalue weighted by Gasteiger charge is 2.14. The quantitative estimate of drug-likeness (QED) is 0.709. The Morgan fingerprint density at radius 1 is 1.11 bits per heavy atom. The van der Waals surface area contributed by atoms with Crippen LogP contribution in [0.1, 0.15) is 21.5 Å². The van der Waals surface area contributed by atoms with E-state index in [9.17, 15) is 14.4 Å². The summed E-state index contributed by atoms with van der Waals surface area (Å²) < 4.78 is 5.06. The van der Waals surface area contributed by atoms with Gasteiger partial charge in [0, 0.05) is 25.2 Å². The number of urea groups is 1. The second-order valence-corrected chi connectivity index (χ2v) is 6.31. The standard InChI is InChI=1S/C19H20ClN3O4/c1-23(11-14-3-2-4-16(20)9-14)17(24)12-27-18(25)15-7-5-13(6-8-15)10-22-19(21)26/h2-9H,10-12H2,1H3,(H3,21,22,26). The number of nitrogens with two attached hydrogens (primary N) is 1. The SMILES string of the molecule is CN(Cc1cccc(Cl)c1)C(=O)COC(=O)c1ccc(CNC(N)=O)cc1. The highest BCUT2D eigenvalue weighted by atomic mass is 35.5. The van der Waals surface area contributed by atoms with E-state index >= 15 is 0 Å². The number of halogens is 1. The Hall–Kier alpha value is -3.06. The molecule has 0 saturated heterocycles. The third-order valence-corrected chi connectivity index (χ3v) is 3.95. The van der Waals surface area contributed by atoms with Gasteiger partial charge in [0.25, 0.3) is 5.91 Å². The number of primary amides is 1. The van der Waals surface area contributed by atoms with Crippen molar-refractivity contribution in [1.29, 1.82) is 0 Å². The van der Waals surface area contributed by atoms with Crippen LogP contribution >= 0.6 is 11.6 Å². The zero-order chi connectivity index (χ0) is 19.8. The van der Waals surface area contributed by atoms with Gasteiger partial charge in [-0.25, -0.2) is 9.59 Å². The molecule has 27 heavy (non-hydrogen) atoms. The summed E-state index contributed by atoms with van der Waals surface area (Å²) in [5.41, 5.74) is 6.97. The van der Waals surface area contributed by atoms with Crippen LogP contribution in [0.3, 0.4) is 0 Å². The van der Waals surface area contributed by atoms with Gasteiger partial charge in [-0.1, -0.05) is 35.9 Å².